The van der Waals surface area contributed by atoms with Gasteiger partial charge in [-0.2, -0.15) is 4.31 Å². The number of carbonyl (C=O) groups is 1. The number of sulfonamides is 1. The van der Waals surface area contributed by atoms with E-state index in [1.807, 2.05) is 0 Å². The predicted octanol–water partition coefficient (Wildman–Crippen LogP) is 0.0188. The highest BCUT2D eigenvalue weighted by Gasteiger charge is 2.25. The zero-order valence-corrected chi connectivity index (χ0v) is 12.0. The van der Waals surface area contributed by atoms with Gasteiger partial charge in [-0.1, -0.05) is 0 Å². The number of benzene rings is 1. The molecule has 1 aromatic carbocycles. The molecule has 110 valence electrons. The lowest BCUT2D eigenvalue weighted by Gasteiger charge is -2.21. The van der Waals surface area contributed by atoms with Crippen molar-refractivity contribution < 1.29 is 23.1 Å². The Labute approximate surface area is 117 Å². The summed E-state index contributed by atoms with van der Waals surface area (Å²) in [4.78, 5) is 11.3. The molecule has 1 aliphatic heterocycles. The van der Waals surface area contributed by atoms with Crippen LogP contribution in [-0.4, -0.2) is 50.0 Å². The number of fused-ring (bicyclic) bond motifs is 1. The van der Waals surface area contributed by atoms with Crippen LogP contribution < -0.4 is 10.1 Å². The lowest BCUT2D eigenvalue weighted by atomic mass is 10.2. The Morgan fingerprint density at radius 1 is 1.50 bits per heavy atom. The van der Waals surface area contributed by atoms with Gasteiger partial charge in [-0.3, -0.25) is 4.79 Å². The van der Waals surface area contributed by atoms with Crippen molar-refractivity contribution in [2.75, 3.05) is 25.5 Å². The van der Waals surface area contributed by atoms with Crippen molar-refractivity contribution in [1.29, 1.82) is 0 Å². The third kappa shape index (κ3) is 2.92. The molecule has 0 bridgehead atoms. The highest BCUT2D eigenvalue weighted by Crippen LogP contribution is 2.30. The van der Waals surface area contributed by atoms with E-state index in [9.17, 15) is 18.3 Å². The first kappa shape index (κ1) is 14.8. The molecule has 1 aliphatic rings. The maximum absolute atomic E-state index is 12.3. The number of hydrogen-bond acceptors (Lipinski definition) is 5. The number of carbonyl (C=O) groups excluding carboxylic acids is 1. The van der Waals surface area contributed by atoms with Crippen LogP contribution in [0.25, 0.3) is 0 Å². The zero-order chi connectivity index (χ0) is 14.9. The Kier molecular flexibility index (Phi) is 3.98. The van der Waals surface area contributed by atoms with E-state index < -0.39 is 16.1 Å². The second-order valence-electron chi connectivity index (χ2n) is 4.63. The van der Waals surface area contributed by atoms with Gasteiger partial charge in [-0.15, -0.1) is 0 Å². The Morgan fingerprint density at radius 3 is 2.85 bits per heavy atom. The van der Waals surface area contributed by atoms with E-state index in [0.29, 0.717) is 11.4 Å². The SMILES string of the molecule is CC(O)CN(C)S(=O)(=O)c1ccc2c(c1)NC(=O)CO2. The summed E-state index contributed by atoms with van der Waals surface area (Å²) in [6.45, 7) is 1.41. The first-order chi connectivity index (χ1) is 9.30. The van der Waals surface area contributed by atoms with Crippen LogP contribution in [0.4, 0.5) is 5.69 Å². The van der Waals surface area contributed by atoms with Gasteiger partial charge in [-0.05, 0) is 25.1 Å². The molecule has 0 fully saturated rings. The molecule has 1 unspecified atom stereocenters. The number of anilines is 1. The molecule has 0 radical (unpaired) electrons. The molecule has 7 nitrogen and oxygen atoms in total. The standard InChI is InChI=1S/C12H16N2O5S/c1-8(15)6-14(2)20(17,18)9-3-4-11-10(5-9)13-12(16)7-19-11/h3-5,8,15H,6-7H2,1-2H3,(H,13,16). The minimum Gasteiger partial charge on any atom is -0.482 e. The number of ether oxygens (including phenoxy) is 1. The number of nitrogens with zero attached hydrogens (tertiary/aromatic N) is 1. The molecule has 2 N–H and O–H groups in total. The van der Waals surface area contributed by atoms with Gasteiger partial charge in [0.25, 0.3) is 5.91 Å². The summed E-state index contributed by atoms with van der Waals surface area (Å²) < 4.78 is 30.8. The van der Waals surface area contributed by atoms with E-state index in [-0.39, 0.29) is 24.0 Å². The molecule has 0 saturated carbocycles. The van der Waals surface area contributed by atoms with Gasteiger partial charge in [0.2, 0.25) is 10.0 Å². The monoisotopic (exact) mass is 300 g/mol. The van der Waals surface area contributed by atoms with Gasteiger partial charge in [-0.25, -0.2) is 8.42 Å². The van der Waals surface area contributed by atoms with Gasteiger partial charge < -0.3 is 15.2 Å². The van der Waals surface area contributed by atoms with Gasteiger partial charge >= 0.3 is 0 Å². The van der Waals surface area contributed by atoms with Gasteiger partial charge in [0.1, 0.15) is 5.75 Å². The maximum Gasteiger partial charge on any atom is 0.262 e. The van der Waals surface area contributed by atoms with E-state index in [4.69, 9.17) is 4.74 Å². The van der Waals surface area contributed by atoms with E-state index >= 15 is 0 Å². The minimum absolute atomic E-state index is 0.0116. The normalized spacial score (nSPS) is 16.3. The van der Waals surface area contributed by atoms with Crippen LogP contribution in [0.3, 0.4) is 0 Å². The molecule has 0 aliphatic carbocycles. The highest BCUT2D eigenvalue weighted by molar-refractivity contribution is 7.89. The second-order valence-corrected chi connectivity index (χ2v) is 6.67. The lowest BCUT2D eigenvalue weighted by molar-refractivity contribution is -0.118. The Balaban J connectivity index is 2.33. The predicted molar refractivity (Wildman–Crippen MR) is 72.1 cm³/mol. The fourth-order valence-corrected chi connectivity index (χ4v) is 3.15. The van der Waals surface area contributed by atoms with Crippen LogP contribution in [0.1, 0.15) is 6.92 Å². The minimum atomic E-state index is -3.72. The lowest BCUT2D eigenvalue weighted by Crippen LogP contribution is -2.33. The number of hydrogen-bond donors (Lipinski definition) is 2. The average molecular weight is 300 g/mol. The molecule has 1 aromatic rings. The Hall–Kier alpha value is -1.64. The summed E-state index contributed by atoms with van der Waals surface area (Å²) in [7, 11) is -2.33. The second kappa shape index (κ2) is 5.39. The zero-order valence-electron chi connectivity index (χ0n) is 11.2. The van der Waals surface area contributed by atoms with Crippen LogP contribution in [0.5, 0.6) is 5.75 Å². The number of amides is 1. The molecule has 1 heterocycles. The maximum atomic E-state index is 12.3. The Bertz CT molecular complexity index is 627. The molecule has 2 rings (SSSR count). The molecule has 1 atom stereocenters. The van der Waals surface area contributed by atoms with E-state index in [2.05, 4.69) is 5.32 Å². The van der Waals surface area contributed by atoms with Gasteiger partial charge in [0.15, 0.2) is 6.61 Å². The van der Waals surface area contributed by atoms with Crippen molar-refractivity contribution in [3.63, 3.8) is 0 Å². The van der Waals surface area contributed by atoms with Crippen molar-refractivity contribution in [1.82, 2.24) is 4.31 Å². The van der Waals surface area contributed by atoms with E-state index in [0.717, 1.165) is 4.31 Å². The molecule has 0 saturated heterocycles. The molecule has 0 spiro atoms. The summed E-state index contributed by atoms with van der Waals surface area (Å²) in [5.74, 6) is 0.103. The van der Waals surface area contributed by atoms with Crippen molar-refractivity contribution in [3.05, 3.63) is 18.2 Å². The summed E-state index contributed by atoms with van der Waals surface area (Å²) in [5.41, 5.74) is 0.327. The number of aliphatic hydroxyl groups is 1. The van der Waals surface area contributed by atoms with Crippen LogP contribution in [-0.2, 0) is 14.8 Å². The van der Waals surface area contributed by atoms with Crippen LogP contribution in [0, 0.1) is 0 Å². The number of aliphatic hydroxyl groups excluding tert-OH is 1. The fourth-order valence-electron chi connectivity index (χ4n) is 1.87. The number of nitrogens with one attached hydrogen (secondary N) is 1. The van der Waals surface area contributed by atoms with E-state index in [1.165, 1.54) is 32.2 Å². The molecule has 8 heteroatoms. The fraction of sp³-hybridized carbons (Fsp3) is 0.417. The summed E-state index contributed by atoms with van der Waals surface area (Å²) in [6, 6.07) is 4.25. The van der Waals surface area contributed by atoms with E-state index in [1.54, 1.807) is 0 Å². The van der Waals surface area contributed by atoms with Gasteiger partial charge in [0.05, 0.1) is 16.7 Å². The van der Waals surface area contributed by atoms with Gasteiger partial charge in [0, 0.05) is 13.6 Å². The topological polar surface area (TPSA) is 95.9 Å². The molecule has 20 heavy (non-hydrogen) atoms. The van der Waals surface area contributed by atoms with Crippen LogP contribution in [0.2, 0.25) is 0 Å². The first-order valence-electron chi connectivity index (χ1n) is 6.02. The largest absolute Gasteiger partial charge is 0.482 e. The van der Waals surface area contributed by atoms with Crippen molar-refractivity contribution >= 4 is 21.6 Å². The molecular weight excluding hydrogens is 284 g/mol. The quantitative estimate of drug-likeness (QED) is 0.817. The molecule has 0 aromatic heterocycles. The summed E-state index contributed by atoms with van der Waals surface area (Å²) in [5, 5.41) is 11.8. The third-order valence-corrected chi connectivity index (χ3v) is 4.63. The van der Waals surface area contributed by atoms with Crippen molar-refractivity contribution in [3.8, 4) is 5.75 Å². The first-order valence-corrected chi connectivity index (χ1v) is 7.46. The summed E-state index contributed by atoms with van der Waals surface area (Å²) in [6.07, 6.45) is -0.768. The van der Waals surface area contributed by atoms with Crippen LogP contribution >= 0.6 is 0 Å². The highest BCUT2D eigenvalue weighted by atomic mass is 32.2. The number of rotatable bonds is 4. The Morgan fingerprint density at radius 2 is 2.20 bits per heavy atom. The molecular formula is C12H16N2O5S. The number of likely N-dealkylation sites (N-methyl/N-ethyl adjacent to an activating group) is 1. The van der Waals surface area contributed by atoms with Crippen molar-refractivity contribution in [2.45, 2.75) is 17.9 Å². The third-order valence-electron chi connectivity index (χ3n) is 2.81. The van der Waals surface area contributed by atoms with Crippen LogP contribution in [0.15, 0.2) is 23.1 Å². The summed E-state index contributed by atoms with van der Waals surface area (Å²) >= 11 is 0. The smallest absolute Gasteiger partial charge is 0.262 e. The molecule has 1 amide bonds. The van der Waals surface area contributed by atoms with Crippen molar-refractivity contribution in [2.24, 2.45) is 0 Å². The average Bonchev–Trinajstić information content (AvgIpc) is 2.36.